The molecule has 1 rings (SSSR count). The molecule has 0 aliphatic heterocycles. The highest BCUT2D eigenvalue weighted by molar-refractivity contribution is 5.72. The van der Waals surface area contributed by atoms with Gasteiger partial charge in [0.1, 0.15) is 0 Å². The van der Waals surface area contributed by atoms with Gasteiger partial charge in [-0.05, 0) is 11.5 Å². The van der Waals surface area contributed by atoms with Gasteiger partial charge in [0.2, 0.25) is 0 Å². The molecule has 0 heterocycles. The van der Waals surface area contributed by atoms with Crippen LogP contribution >= 0.6 is 0 Å². The van der Waals surface area contributed by atoms with Crippen molar-refractivity contribution in [2.24, 2.45) is 11.7 Å². The first-order valence-electron chi connectivity index (χ1n) is 4.72. The van der Waals surface area contributed by atoms with Crippen LogP contribution in [0.5, 0.6) is 0 Å². The summed E-state index contributed by atoms with van der Waals surface area (Å²) in [7, 11) is 0. The number of carbonyl (C=O) groups is 1. The fourth-order valence-electron chi connectivity index (χ4n) is 1.45. The average molecular weight is 192 g/mol. The molecule has 3 N–H and O–H groups in total. The summed E-state index contributed by atoms with van der Waals surface area (Å²) in [4.78, 5) is 10.8. The van der Waals surface area contributed by atoms with Crippen LogP contribution in [0.15, 0.2) is 30.3 Å². The summed E-state index contributed by atoms with van der Waals surface area (Å²) in [6.45, 7) is 4.10. The van der Waals surface area contributed by atoms with Crippen LogP contribution in [0.25, 0.3) is 0 Å². The van der Waals surface area contributed by atoms with Gasteiger partial charge < -0.3 is 11.1 Å². The van der Waals surface area contributed by atoms with Gasteiger partial charge in [-0.15, -0.1) is 0 Å². The van der Waals surface area contributed by atoms with E-state index in [1.165, 1.54) is 0 Å². The zero-order valence-corrected chi connectivity index (χ0v) is 8.53. The Morgan fingerprint density at radius 2 is 1.86 bits per heavy atom. The SMILES string of the molecule is CC(C)[C@H](NC(N)=O)c1ccccc1. The Bertz CT molecular complexity index is 295. The van der Waals surface area contributed by atoms with Crippen molar-refractivity contribution >= 4 is 6.03 Å². The Kier molecular flexibility index (Phi) is 3.51. The molecule has 0 aliphatic carbocycles. The molecule has 3 heteroatoms. The van der Waals surface area contributed by atoms with E-state index in [1.54, 1.807) is 0 Å². The molecule has 0 unspecified atom stereocenters. The van der Waals surface area contributed by atoms with Gasteiger partial charge in [0.05, 0.1) is 6.04 Å². The maximum absolute atomic E-state index is 10.8. The standard InChI is InChI=1S/C11H16N2O/c1-8(2)10(13-11(12)14)9-6-4-3-5-7-9/h3-8,10H,1-2H3,(H3,12,13,14)/t10-/m0/s1. The summed E-state index contributed by atoms with van der Waals surface area (Å²) >= 11 is 0. The molecule has 0 saturated heterocycles. The van der Waals surface area contributed by atoms with Crippen molar-refractivity contribution in [2.45, 2.75) is 19.9 Å². The third-order valence-electron chi connectivity index (χ3n) is 2.12. The number of hydrogen-bond donors (Lipinski definition) is 2. The van der Waals surface area contributed by atoms with Crippen LogP contribution < -0.4 is 11.1 Å². The molecule has 0 spiro atoms. The van der Waals surface area contributed by atoms with Crippen LogP contribution in [-0.2, 0) is 0 Å². The topological polar surface area (TPSA) is 55.1 Å². The molecule has 0 saturated carbocycles. The molecule has 0 radical (unpaired) electrons. The first kappa shape index (κ1) is 10.6. The van der Waals surface area contributed by atoms with Gasteiger partial charge in [-0.25, -0.2) is 4.79 Å². The lowest BCUT2D eigenvalue weighted by molar-refractivity contribution is 0.241. The number of carbonyl (C=O) groups excluding carboxylic acids is 1. The second-order valence-electron chi connectivity index (χ2n) is 3.64. The van der Waals surface area contributed by atoms with Gasteiger partial charge in [0.15, 0.2) is 0 Å². The van der Waals surface area contributed by atoms with Crippen molar-refractivity contribution in [2.75, 3.05) is 0 Å². The monoisotopic (exact) mass is 192 g/mol. The van der Waals surface area contributed by atoms with E-state index in [9.17, 15) is 4.79 Å². The van der Waals surface area contributed by atoms with E-state index in [1.807, 2.05) is 44.2 Å². The lowest BCUT2D eigenvalue weighted by Gasteiger charge is -2.21. The van der Waals surface area contributed by atoms with Crippen molar-refractivity contribution in [1.29, 1.82) is 0 Å². The van der Waals surface area contributed by atoms with Crippen LogP contribution in [0.4, 0.5) is 4.79 Å². The molecule has 1 atom stereocenters. The van der Waals surface area contributed by atoms with Crippen molar-refractivity contribution in [3.8, 4) is 0 Å². The van der Waals surface area contributed by atoms with E-state index in [-0.39, 0.29) is 6.04 Å². The molecule has 14 heavy (non-hydrogen) atoms. The number of benzene rings is 1. The number of hydrogen-bond acceptors (Lipinski definition) is 1. The third-order valence-corrected chi connectivity index (χ3v) is 2.12. The second kappa shape index (κ2) is 4.65. The molecule has 0 aliphatic rings. The number of rotatable bonds is 3. The van der Waals surface area contributed by atoms with E-state index in [0.717, 1.165) is 5.56 Å². The fraction of sp³-hybridized carbons (Fsp3) is 0.364. The molecular weight excluding hydrogens is 176 g/mol. The van der Waals surface area contributed by atoms with Crippen LogP contribution in [0.1, 0.15) is 25.5 Å². The number of primary amides is 1. The van der Waals surface area contributed by atoms with Crippen molar-refractivity contribution in [3.05, 3.63) is 35.9 Å². The Morgan fingerprint density at radius 1 is 1.29 bits per heavy atom. The van der Waals surface area contributed by atoms with Gasteiger partial charge in [-0.3, -0.25) is 0 Å². The Labute approximate surface area is 84.3 Å². The van der Waals surface area contributed by atoms with Gasteiger partial charge in [0, 0.05) is 0 Å². The lowest BCUT2D eigenvalue weighted by Crippen LogP contribution is -2.35. The summed E-state index contributed by atoms with van der Waals surface area (Å²) in [6, 6.07) is 9.34. The highest BCUT2D eigenvalue weighted by atomic mass is 16.2. The maximum Gasteiger partial charge on any atom is 0.312 e. The fourth-order valence-corrected chi connectivity index (χ4v) is 1.45. The van der Waals surface area contributed by atoms with Gasteiger partial charge in [-0.2, -0.15) is 0 Å². The highest BCUT2D eigenvalue weighted by Gasteiger charge is 2.16. The molecule has 76 valence electrons. The minimum Gasteiger partial charge on any atom is -0.352 e. The van der Waals surface area contributed by atoms with Crippen LogP contribution in [0, 0.1) is 5.92 Å². The summed E-state index contributed by atoms with van der Waals surface area (Å²) in [6.07, 6.45) is 0. The third kappa shape index (κ3) is 2.76. The number of nitrogens with two attached hydrogens (primary N) is 1. The predicted octanol–water partition coefficient (Wildman–Crippen LogP) is 2.05. The zero-order valence-electron chi connectivity index (χ0n) is 8.53. The van der Waals surface area contributed by atoms with E-state index in [4.69, 9.17) is 5.73 Å². The molecule has 2 amide bonds. The lowest BCUT2D eigenvalue weighted by atomic mass is 9.96. The van der Waals surface area contributed by atoms with Crippen molar-refractivity contribution in [1.82, 2.24) is 5.32 Å². The molecule has 0 fully saturated rings. The minimum absolute atomic E-state index is 0.00583. The van der Waals surface area contributed by atoms with E-state index in [2.05, 4.69) is 5.32 Å². The summed E-state index contributed by atoms with van der Waals surface area (Å²) in [5.74, 6) is 0.324. The Hall–Kier alpha value is -1.51. The number of nitrogens with one attached hydrogen (secondary N) is 1. The molecule has 0 aromatic heterocycles. The highest BCUT2D eigenvalue weighted by Crippen LogP contribution is 2.20. The van der Waals surface area contributed by atoms with Crippen LogP contribution in [-0.4, -0.2) is 6.03 Å². The van der Waals surface area contributed by atoms with Gasteiger partial charge in [0.25, 0.3) is 0 Å². The summed E-state index contributed by atoms with van der Waals surface area (Å²) < 4.78 is 0. The van der Waals surface area contributed by atoms with E-state index >= 15 is 0 Å². The molecule has 1 aromatic carbocycles. The minimum atomic E-state index is -0.479. The summed E-state index contributed by atoms with van der Waals surface area (Å²) in [5, 5.41) is 2.73. The maximum atomic E-state index is 10.8. The van der Waals surface area contributed by atoms with Gasteiger partial charge >= 0.3 is 6.03 Å². The predicted molar refractivity (Wildman–Crippen MR) is 56.7 cm³/mol. The Balaban J connectivity index is 2.83. The number of urea groups is 1. The quantitative estimate of drug-likeness (QED) is 0.756. The Morgan fingerprint density at radius 3 is 2.29 bits per heavy atom. The zero-order chi connectivity index (χ0) is 10.6. The van der Waals surface area contributed by atoms with Crippen LogP contribution in [0.2, 0.25) is 0 Å². The molecule has 1 aromatic rings. The largest absolute Gasteiger partial charge is 0.352 e. The van der Waals surface area contributed by atoms with Crippen molar-refractivity contribution in [3.63, 3.8) is 0 Å². The van der Waals surface area contributed by atoms with Gasteiger partial charge in [-0.1, -0.05) is 44.2 Å². The second-order valence-corrected chi connectivity index (χ2v) is 3.64. The summed E-state index contributed by atoms with van der Waals surface area (Å²) in [5.41, 5.74) is 6.20. The first-order valence-corrected chi connectivity index (χ1v) is 4.72. The molecule has 3 nitrogen and oxygen atoms in total. The van der Waals surface area contributed by atoms with E-state index in [0.29, 0.717) is 5.92 Å². The molecule has 0 bridgehead atoms. The first-order chi connectivity index (χ1) is 6.61. The van der Waals surface area contributed by atoms with E-state index < -0.39 is 6.03 Å². The smallest absolute Gasteiger partial charge is 0.312 e. The van der Waals surface area contributed by atoms with Crippen molar-refractivity contribution < 1.29 is 4.79 Å². The molecular formula is C11H16N2O. The normalized spacial score (nSPS) is 12.5. The van der Waals surface area contributed by atoms with Crippen LogP contribution in [0.3, 0.4) is 0 Å². The average Bonchev–Trinajstić information content (AvgIpc) is 2.15. The number of amides is 2.